The third kappa shape index (κ3) is 1.46. The summed E-state index contributed by atoms with van der Waals surface area (Å²) in [6.07, 6.45) is 1.53. The molecule has 1 fully saturated rings. The molecule has 3 N–H and O–H groups in total. The number of amides is 1. The molecule has 1 aliphatic heterocycles. The largest absolute Gasteiger partial charge is 0.386 e. The molecule has 0 saturated carbocycles. The van der Waals surface area contributed by atoms with Gasteiger partial charge in [0.05, 0.1) is 6.54 Å². The maximum absolute atomic E-state index is 10.9. The number of nitrogens with one attached hydrogen (secondary N) is 1. The number of amidine groups is 1. The van der Waals surface area contributed by atoms with Crippen molar-refractivity contribution < 1.29 is 4.79 Å². The van der Waals surface area contributed by atoms with Crippen LogP contribution >= 0.6 is 0 Å². The lowest BCUT2D eigenvalue weighted by atomic mass is 10.4. The molecule has 10 heavy (non-hydrogen) atoms. The summed E-state index contributed by atoms with van der Waals surface area (Å²) in [7, 11) is 0. The summed E-state index contributed by atoms with van der Waals surface area (Å²) in [5.41, 5.74) is 5.12. The Balaban J connectivity index is 2.40. The number of carbonyl (C=O) groups excluding carboxylic acids is 1. The van der Waals surface area contributed by atoms with Crippen molar-refractivity contribution in [3.8, 4) is 0 Å². The third-order valence-electron chi connectivity index (χ3n) is 1.53. The van der Waals surface area contributed by atoms with Crippen LogP contribution in [0.1, 0.15) is 12.8 Å². The highest BCUT2D eigenvalue weighted by Crippen LogP contribution is 2.07. The average Bonchev–Trinajstić information content (AvgIpc) is 2.15. The molecular weight excluding hydrogens is 130 g/mol. The summed E-state index contributed by atoms with van der Waals surface area (Å²) in [6.45, 7) is 1.07. The molecule has 0 aliphatic carbocycles. The molecule has 0 bridgehead atoms. The molecule has 0 spiro atoms. The van der Waals surface area contributed by atoms with Gasteiger partial charge in [-0.05, 0) is 6.42 Å². The van der Waals surface area contributed by atoms with E-state index in [-0.39, 0.29) is 11.7 Å². The highest BCUT2D eigenvalue weighted by molar-refractivity contribution is 5.86. The molecule has 1 saturated heterocycles. The fraction of sp³-hybridized carbons (Fsp3) is 0.667. The molecule has 0 unspecified atom stereocenters. The van der Waals surface area contributed by atoms with E-state index in [0.29, 0.717) is 13.0 Å². The van der Waals surface area contributed by atoms with E-state index in [1.807, 2.05) is 0 Å². The zero-order valence-electron chi connectivity index (χ0n) is 5.76. The molecule has 1 heterocycles. The van der Waals surface area contributed by atoms with Crippen molar-refractivity contribution >= 4 is 11.7 Å². The van der Waals surface area contributed by atoms with Crippen LogP contribution in [-0.4, -0.2) is 29.7 Å². The average molecular weight is 141 g/mol. The van der Waals surface area contributed by atoms with Gasteiger partial charge in [0, 0.05) is 13.0 Å². The fourth-order valence-electron chi connectivity index (χ4n) is 1.08. The van der Waals surface area contributed by atoms with Crippen molar-refractivity contribution in [2.75, 3.05) is 13.1 Å². The third-order valence-corrected chi connectivity index (χ3v) is 1.53. The zero-order chi connectivity index (χ0) is 7.56. The van der Waals surface area contributed by atoms with E-state index in [4.69, 9.17) is 11.1 Å². The van der Waals surface area contributed by atoms with Crippen LogP contribution in [0.2, 0.25) is 0 Å². The highest BCUT2D eigenvalue weighted by atomic mass is 16.2. The minimum absolute atomic E-state index is 0.0650. The Bertz CT molecular complexity index is 166. The van der Waals surface area contributed by atoms with Crippen LogP contribution in [0.3, 0.4) is 0 Å². The molecule has 0 aromatic rings. The normalized spacial score (nSPS) is 18.0. The van der Waals surface area contributed by atoms with Crippen LogP contribution in [0.4, 0.5) is 0 Å². The number of rotatable bonds is 2. The molecule has 0 aromatic heterocycles. The second-order valence-electron chi connectivity index (χ2n) is 2.44. The van der Waals surface area contributed by atoms with E-state index in [0.717, 1.165) is 13.0 Å². The maximum Gasteiger partial charge on any atom is 0.223 e. The Kier molecular flexibility index (Phi) is 1.89. The summed E-state index contributed by atoms with van der Waals surface area (Å²) in [5, 5.41) is 6.93. The van der Waals surface area contributed by atoms with E-state index in [9.17, 15) is 4.79 Å². The molecule has 4 heteroatoms. The Hall–Kier alpha value is -1.06. The van der Waals surface area contributed by atoms with Gasteiger partial charge >= 0.3 is 0 Å². The van der Waals surface area contributed by atoms with Crippen LogP contribution in [-0.2, 0) is 4.79 Å². The molecule has 0 aromatic carbocycles. The smallest absolute Gasteiger partial charge is 0.223 e. The van der Waals surface area contributed by atoms with Crippen molar-refractivity contribution in [1.29, 1.82) is 5.41 Å². The van der Waals surface area contributed by atoms with Gasteiger partial charge in [-0.2, -0.15) is 0 Å². The monoisotopic (exact) mass is 141 g/mol. The lowest BCUT2D eigenvalue weighted by molar-refractivity contribution is -0.127. The molecule has 1 amide bonds. The van der Waals surface area contributed by atoms with Gasteiger partial charge in [0.2, 0.25) is 5.91 Å². The van der Waals surface area contributed by atoms with Gasteiger partial charge in [-0.25, -0.2) is 0 Å². The highest BCUT2D eigenvalue weighted by Gasteiger charge is 2.19. The first kappa shape index (κ1) is 7.05. The molecule has 4 nitrogen and oxygen atoms in total. The number of nitrogens with zero attached hydrogens (tertiary/aromatic N) is 1. The van der Waals surface area contributed by atoms with Crippen molar-refractivity contribution in [3.63, 3.8) is 0 Å². The lowest BCUT2D eigenvalue weighted by Gasteiger charge is -2.12. The van der Waals surface area contributed by atoms with E-state index in [1.54, 1.807) is 4.90 Å². The number of hydrogen-bond acceptors (Lipinski definition) is 2. The Labute approximate surface area is 59.5 Å². The first-order chi connectivity index (χ1) is 4.70. The minimum atomic E-state index is 0.0650. The Morgan fingerprint density at radius 2 is 2.50 bits per heavy atom. The SMILES string of the molecule is N=C(N)CN1CCCC1=O. The van der Waals surface area contributed by atoms with E-state index in [2.05, 4.69) is 0 Å². The molecular formula is C6H11N3O. The quantitative estimate of drug-likeness (QED) is 0.403. The summed E-state index contributed by atoms with van der Waals surface area (Å²) < 4.78 is 0. The van der Waals surface area contributed by atoms with Gasteiger partial charge in [0.25, 0.3) is 0 Å². The predicted octanol–water partition coefficient (Wildman–Crippen LogP) is -0.455. The summed E-state index contributed by atoms with van der Waals surface area (Å²) in [6, 6.07) is 0. The standard InChI is InChI=1S/C6H11N3O/c7-5(8)4-9-3-1-2-6(9)10/h1-4H2,(H3,7,8). The first-order valence-corrected chi connectivity index (χ1v) is 3.31. The van der Waals surface area contributed by atoms with Crippen molar-refractivity contribution in [3.05, 3.63) is 0 Å². The summed E-state index contributed by atoms with van der Waals surface area (Å²) in [5.74, 6) is 0.186. The summed E-state index contributed by atoms with van der Waals surface area (Å²) in [4.78, 5) is 12.5. The van der Waals surface area contributed by atoms with E-state index < -0.39 is 0 Å². The van der Waals surface area contributed by atoms with Gasteiger partial charge in [-0.3, -0.25) is 10.2 Å². The van der Waals surface area contributed by atoms with Gasteiger partial charge in [-0.1, -0.05) is 0 Å². The zero-order valence-corrected chi connectivity index (χ0v) is 5.76. The molecule has 0 atom stereocenters. The van der Waals surface area contributed by atoms with Crippen molar-refractivity contribution in [2.24, 2.45) is 5.73 Å². The van der Waals surface area contributed by atoms with Crippen LogP contribution in [0.25, 0.3) is 0 Å². The van der Waals surface area contributed by atoms with Crippen LogP contribution < -0.4 is 5.73 Å². The van der Waals surface area contributed by atoms with Gasteiger partial charge < -0.3 is 10.6 Å². The molecule has 56 valence electrons. The van der Waals surface area contributed by atoms with Crippen LogP contribution in [0, 0.1) is 5.41 Å². The minimum Gasteiger partial charge on any atom is -0.386 e. The van der Waals surface area contributed by atoms with Crippen molar-refractivity contribution in [1.82, 2.24) is 4.90 Å². The Morgan fingerprint density at radius 1 is 1.80 bits per heavy atom. The van der Waals surface area contributed by atoms with Crippen LogP contribution in [0.5, 0.6) is 0 Å². The lowest BCUT2D eigenvalue weighted by Crippen LogP contribution is -2.33. The molecule has 0 radical (unpaired) electrons. The van der Waals surface area contributed by atoms with Crippen molar-refractivity contribution in [2.45, 2.75) is 12.8 Å². The number of nitrogens with two attached hydrogens (primary N) is 1. The second-order valence-corrected chi connectivity index (χ2v) is 2.44. The van der Waals surface area contributed by atoms with Gasteiger partial charge in [0.1, 0.15) is 5.84 Å². The topological polar surface area (TPSA) is 70.2 Å². The number of hydrogen-bond donors (Lipinski definition) is 2. The van der Waals surface area contributed by atoms with Gasteiger partial charge in [0.15, 0.2) is 0 Å². The predicted molar refractivity (Wildman–Crippen MR) is 37.7 cm³/mol. The first-order valence-electron chi connectivity index (χ1n) is 3.31. The molecule has 1 aliphatic rings. The maximum atomic E-state index is 10.9. The molecule has 1 rings (SSSR count). The second kappa shape index (κ2) is 2.68. The number of likely N-dealkylation sites (tertiary alicyclic amines) is 1. The fourth-order valence-corrected chi connectivity index (χ4v) is 1.08. The summed E-state index contributed by atoms with van der Waals surface area (Å²) >= 11 is 0. The van der Waals surface area contributed by atoms with Gasteiger partial charge in [-0.15, -0.1) is 0 Å². The Morgan fingerprint density at radius 3 is 2.90 bits per heavy atom. The van der Waals surface area contributed by atoms with E-state index in [1.165, 1.54) is 0 Å². The van der Waals surface area contributed by atoms with Crippen LogP contribution in [0.15, 0.2) is 0 Å². The van der Waals surface area contributed by atoms with E-state index >= 15 is 0 Å². The number of carbonyl (C=O) groups is 1.